The standard InChI is InChI=1S/C23H27N5O4/c1-14-9-17(7-8-20(14)31-6)11-27-22(30)28(21(29)23(27,4)5)18-10-24-26(12-18)13-19-15(2)25-32-16(19)3/h7-10,12H,11,13H2,1-6H3. The predicted molar refractivity (Wildman–Crippen MR) is 118 cm³/mol. The van der Waals surface area contributed by atoms with Crippen molar-refractivity contribution in [3.8, 4) is 5.75 Å². The minimum Gasteiger partial charge on any atom is -0.496 e. The second kappa shape index (κ2) is 7.81. The van der Waals surface area contributed by atoms with Crippen LogP contribution in [0.1, 0.15) is 42.0 Å². The van der Waals surface area contributed by atoms with Gasteiger partial charge in [-0.15, -0.1) is 0 Å². The van der Waals surface area contributed by atoms with Crippen molar-refractivity contribution in [2.75, 3.05) is 12.0 Å². The molecule has 2 aromatic heterocycles. The molecule has 3 aromatic rings. The zero-order valence-electron chi connectivity index (χ0n) is 19.2. The minimum absolute atomic E-state index is 0.287. The number of aryl methyl sites for hydroxylation is 3. The zero-order chi connectivity index (χ0) is 23.2. The van der Waals surface area contributed by atoms with E-state index >= 15 is 0 Å². The fraction of sp³-hybridized carbons (Fsp3) is 0.391. The number of rotatable bonds is 6. The van der Waals surface area contributed by atoms with Gasteiger partial charge >= 0.3 is 6.03 Å². The highest BCUT2D eigenvalue weighted by atomic mass is 16.5. The van der Waals surface area contributed by atoms with Crippen molar-refractivity contribution in [2.24, 2.45) is 0 Å². The summed E-state index contributed by atoms with van der Waals surface area (Å²) in [6.07, 6.45) is 3.23. The number of benzene rings is 1. The van der Waals surface area contributed by atoms with Crippen LogP contribution >= 0.6 is 0 Å². The Morgan fingerprint density at radius 3 is 2.50 bits per heavy atom. The van der Waals surface area contributed by atoms with E-state index in [0.29, 0.717) is 18.8 Å². The first-order valence-corrected chi connectivity index (χ1v) is 10.4. The molecule has 3 heterocycles. The number of hydrogen-bond acceptors (Lipinski definition) is 6. The Labute approximate surface area is 186 Å². The monoisotopic (exact) mass is 437 g/mol. The molecule has 1 aliphatic heterocycles. The van der Waals surface area contributed by atoms with Gasteiger partial charge in [-0.2, -0.15) is 5.10 Å². The molecule has 1 saturated heterocycles. The average Bonchev–Trinajstić information content (AvgIpc) is 3.37. The lowest BCUT2D eigenvalue weighted by atomic mass is 10.0. The van der Waals surface area contributed by atoms with E-state index in [1.807, 2.05) is 39.0 Å². The fourth-order valence-corrected chi connectivity index (χ4v) is 3.99. The summed E-state index contributed by atoms with van der Waals surface area (Å²) in [4.78, 5) is 29.3. The van der Waals surface area contributed by atoms with Crippen LogP contribution in [0.15, 0.2) is 35.1 Å². The van der Waals surface area contributed by atoms with Gasteiger partial charge in [-0.3, -0.25) is 9.48 Å². The van der Waals surface area contributed by atoms with Crippen LogP contribution in [0.4, 0.5) is 10.5 Å². The third-order valence-corrected chi connectivity index (χ3v) is 6.00. The molecule has 32 heavy (non-hydrogen) atoms. The van der Waals surface area contributed by atoms with Crippen LogP contribution in [-0.2, 0) is 17.9 Å². The lowest BCUT2D eigenvalue weighted by molar-refractivity contribution is -0.123. The van der Waals surface area contributed by atoms with E-state index in [-0.39, 0.29) is 11.9 Å². The largest absolute Gasteiger partial charge is 0.496 e. The number of carbonyl (C=O) groups is 2. The molecule has 0 spiro atoms. The summed E-state index contributed by atoms with van der Waals surface area (Å²) >= 11 is 0. The molecular formula is C23H27N5O4. The zero-order valence-corrected chi connectivity index (χ0v) is 19.2. The smallest absolute Gasteiger partial charge is 0.332 e. The predicted octanol–water partition coefficient (Wildman–Crippen LogP) is 3.60. The van der Waals surface area contributed by atoms with Crippen LogP contribution in [0.25, 0.3) is 0 Å². The molecule has 0 radical (unpaired) electrons. The third-order valence-electron chi connectivity index (χ3n) is 6.00. The summed E-state index contributed by atoms with van der Waals surface area (Å²) in [5.41, 5.74) is 3.06. The number of carbonyl (C=O) groups excluding carboxylic acids is 2. The van der Waals surface area contributed by atoms with Crippen molar-refractivity contribution < 1.29 is 18.8 Å². The highest BCUT2D eigenvalue weighted by molar-refractivity contribution is 6.22. The number of methoxy groups -OCH3 is 1. The van der Waals surface area contributed by atoms with E-state index in [1.165, 1.54) is 11.1 Å². The van der Waals surface area contributed by atoms with Gasteiger partial charge in [0.05, 0.1) is 31.2 Å². The molecule has 3 amide bonds. The lowest BCUT2D eigenvalue weighted by Crippen LogP contribution is -2.43. The molecule has 0 bridgehead atoms. The summed E-state index contributed by atoms with van der Waals surface area (Å²) in [5.74, 6) is 1.21. The van der Waals surface area contributed by atoms with Gasteiger partial charge in [0.1, 0.15) is 17.0 Å². The van der Waals surface area contributed by atoms with Crippen LogP contribution in [-0.4, -0.2) is 44.4 Å². The Balaban J connectivity index is 1.58. The van der Waals surface area contributed by atoms with Crippen molar-refractivity contribution in [1.29, 1.82) is 0 Å². The van der Waals surface area contributed by atoms with Gasteiger partial charge in [-0.1, -0.05) is 17.3 Å². The summed E-state index contributed by atoms with van der Waals surface area (Å²) in [7, 11) is 1.62. The van der Waals surface area contributed by atoms with E-state index in [4.69, 9.17) is 9.26 Å². The van der Waals surface area contributed by atoms with Crippen LogP contribution in [0.2, 0.25) is 0 Å². The molecule has 0 saturated carbocycles. The van der Waals surface area contributed by atoms with Crippen molar-refractivity contribution in [3.63, 3.8) is 0 Å². The SMILES string of the molecule is COc1ccc(CN2C(=O)N(c3cnn(Cc4c(C)noc4C)c3)C(=O)C2(C)C)cc1C. The van der Waals surface area contributed by atoms with Gasteiger partial charge in [-0.05, 0) is 51.8 Å². The number of aromatic nitrogens is 3. The maximum absolute atomic E-state index is 13.3. The lowest BCUT2D eigenvalue weighted by Gasteiger charge is -2.28. The van der Waals surface area contributed by atoms with Crippen molar-refractivity contribution in [3.05, 3.63) is 58.7 Å². The third kappa shape index (κ3) is 3.53. The molecule has 0 N–H and O–H groups in total. The quantitative estimate of drug-likeness (QED) is 0.547. The van der Waals surface area contributed by atoms with E-state index in [2.05, 4.69) is 10.3 Å². The van der Waals surface area contributed by atoms with E-state index in [9.17, 15) is 9.59 Å². The first-order valence-electron chi connectivity index (χ1n) is 10.4. The molecule has 9 nitrogen and oxygen atoms in total. The normalized spacial score (nSPS) is 15.7. The Morgan fingerprint density at radius 2 is 1.88 bits per heavy atom. The maximum atomic E-state index is 13.3. The molecule has 0 aliphatic carbocycles. The Hall–Kier alpha value is -3.62. The molecule has 168 valence electrons. The second-order valence-electron chi connectivity index (χ2n) is 8.57. The van der Waals surface area contributed by atoms with Gasteiger partial charge in [0.2, 0.25) is 0 Å². The molecule has 4 rings (SSSR count). The van der Waals surface area contributed by atoms with Gasteiger partial charge in [0.15, 0.2) is 0 Å². The molecule has 1 fully saturated rings. The van der Waals surface area contributed by atoms with Crippen LogP contribution < -0.4 is 9.64 Å². The number of anilines is 1. The van der Waals surface area contributed by atoms with E-state index < -0.39 is 5.54 Å². The number of ether oxygens (including phenoxy) is 1. The van der Waals surface area contributed by atoms with Crippen LogP contribution in [0.3, 0.4) is 0 Å². The summed E-state index contributed by atoms with van der Waals surface area (Å²) in [6.45, 7) is 9.93. The molecule has 0 unspecified atom stereocenters. The number of urea groups is 1. The van der Waals surface area contributed by atoms with Crippen LogP contribution in [0.5, 0.6) is 5.75 Å². The molecule has 1 aromatic carbocycles. The van der Waals surface area contributed by atoms with Crippen molar-refractivity contribution in [1.82, 2.24) is 19.8 Å². The highest BCUT2D eigenvalue weighted by Crippen LogP contribution is 2.33. The molecular weight excluding hydrogens is 410 g/mol. The highest BCUT2D eigenvalue weighted by Gasteiger charge is 2.52. The van der Waals surface area contributed by atoms with Crippen molar-refractivity contribution in [2.45, 2.75) is 53.2 Å². The van der Waals surface area contributed by atoms with Crippen molar-refractivity contribution >= 4 is 17.6 Å². The topological polar surface area (TPSA) is 93.7 Å². The van der Waals surface area contributed by atoms with Gasteiger partial charge in [-0.25, -0.2) is 9.69 Å². The first kappa shape index (κ1) is 21.6. The van der Waals surface area contributed by atoms with E-state index in [1.54, 1.807) is 36.7 Å². The van der Waals surface area contributed by atoms with Gasteiger partial charge < -0.3 is 14.2 Å². The number of hydrogen-bond donors (Lipinski definition) is 0. The molecule has 0 atom stereocenters. The average molecular weight is 438 g/mol. The minimum atomic E-state index is -0.991. The first-order chi connectivity index (χ1) is 15.1. The Morgan fingerprint density at radius 1 is 1.12 bits per heavy atom. The second-order valence-corrected chi connectivity index (χ2v) is 8.57. The summed E-state index contributed by atoms with van der Waals surface area (Å²) in [5, 5.41) is 8.30. The number of imide groups is 1. The maximum Gasteiger partial charge on any atom is 0.332 e. The number of nitrogens with zero attached hydrogens (tertiary/aromatic N) is 5. The Kier molecular flexibility index (Phi) is 5.28. The summed E-state index contributed by atoms with van der Waals surface area (Å²) in [6, 6.07) is 5.38. The van der Waals surface area contributed by atoms with Crippen LogP contribution in [0, 0.1) is 20.8 Å². The van der Waals surface area contributed by atoms with Gasteiger partial charge in [0, 0.05) is 18.3 Å². The van der Waals surface area contributed by atoms with Gasteiger partial charge in [0.25, 0.3) is 5.91 Å². The fourth-order valence-electron chi connectivity index (χ4n) is 3.99. The summed E-state index contributed by atoms with van der Waals surface area (Å²) < 4.78 is 12.2. The van der Waals surface area contributed by atoms with E-state index in [0.717, 1.165) is 33.9 Å². The molecule has 1 aliphatic rings. The molecule has 9 heteroatoms. The number of amides is 3. The Bertz CT molecular complexity index is 1170.